The highest BCUT2D eigenvalue weighted by Crippen LogP contribution is 2.36. The maximum Gasteiger partial charge on any atom is 0.416 e. The number of nitrogens with two attached hydrogens (primary N) is 1. The lowest BCUT2D eigenvalue weighted by atomic mass is 10.0. The molecule has 7 nitrogen and oxygen atoms in total. The minimum Gasteiger partial charge on any atom is -0.507 e. The number of sulfone groups is 1. The van der Waals surface area contributed by atoms with Crippen LogP contribution in [0.1, 0.15) is 17.5 Å². The van der Waals surface area contributed by atoms with Gasteiger partial charge in [-0.1, -0.05) is 0 Å². The van der Waals surface area contributed by atoms with Gasteiger partial charge in [0, 0.05) is 30.9 Å². The molecule has 3 N–H and O–H groups in total. The van der Waals surface area contributed by atoms with Crippen molar-refractivity contribution in [2.75, 3.05) is 6.54 Å². The quantitative estimate of drug-likeness (QED) is 0.364. The Morgan fingerprint density at radius 1 is 1.11 bits per heavy atom. The fourth-order valence-electron chi connectivity index (χ4n) is 4.32. The van der Waals surface area contributed by atoms with Gasteiger partial charge < -0.3 is 10.8 Å². The van der Waals surface area contributed by atoms with Crippen molar-refractivity contribution in [1.82, 2.24) is 9.88 Å². The third kappa shape index (κ3) is 5.42. The van der Waals surface area contributed by atoms with Crippen LogP contribution in [0.5, 0.6) is 5.75 Å². The summed E-state index contributed by atoms with van der Waals surface area (Å²) < 4.78 is 92.3. The Morgan fingerprint density at radius 3 is 2.46 bits per heavy atom. The van der Waals surface area contributed by atoms with Crippen LogP contribution in [0.15, 0.2) is 59.6 Å². The molecule has 2 unspecified atom stereocenters. The molecule has 13 heteroatoms. The average molecular weight is 541 g/mol. The fourth-order valence-corrected chi connectivity index (χ4v) is 6.09. The summed E-state index contributed by atoms with van der Waals surface area (Å²) in [6.07, 6.45) is -3.51. The number of nitrogens with zero attached hydrogens (tertiary/aromatic N) is 2. The predicted octanol–water partition coefficient (Wildman–Crippen LogP) is 3.65. The summed E-state index contributed by atoms with van der Waals surface area (Å²) in [6.45, 7) is -0.182. The lowest BCUT2D eigenvalue weighted by Crippen LogP contribution is -2.39. The van der Waals surface area contributed by atoms with Crippen LogP contribution < -0.4 is 5.73 Å². The van der Waals surface area contributed by atoms with Gasteiger partial charge in [0.1, 0.15) is 22.3 Å². The smallest absolute Gasteiger partial charge is 0.416 e. The van der Waals surface area contributed by atoms with Gasteiger partial charge in [0.05, 0.1) is 22.5 Å². The normalized spacial score (nSPS) is 18.7. The molecule has 1 fully saturated rings. The minimum atomic E-state index is -4.64. The number of hydrogen-bond acceptors (Lipinski definition) is 6. The van der Waals surface area contributed by atoms with Crippen LogP contribution >= 0.6 is 0 Å². The molecule has 0 saturated carbocycles. The van der Waals surface area contributed by atoms with Crippen LogP contribution in [0.4, 0.5) is 22.0 Å². The van der Waals surface area contributed by atoms with E-state index in [2.05, 4.69) is 4.98 Å². The van der Waals surface area contributed by atoms with Crippen molar-refractivity contribution in [3.63, 3.8) is 0 Å². The standard InChI is InChI=1S/C24H20F5N3O4S/c25-15-2-4-22(18(26)9-15)37(35,36)16-10-20(23(30)34)32(12-16)11-13-5-6-31-19(7-13)17-3-1-14(8-21(17)33)24(27,28)29/h1-9,16,20,33H,10-12H2,(H2,30,34). The van der Waals surface area contributed by atoms with Gasteiger partial charge in [0.15, 0.2) is 9.84 Å². The Morgan fingerprint density at radius 2 is 1.84 bits per heavy atom. The number of rotatable bonds is 6. The van der Waals surface area contributed by atoms with E-state index >= 15 is 0 Å². The summed E-state index contributed by atoms with van der Waals surface area (Å²) >= 11 is 0. The van der Waals surface area contributed by atoms with Crippen molar-refractivity contribution < 1.29 is 40.3 Å². The SMILES string of the molecule is NC(=O)C1CC(S(=O)(=O)c2ccc(F)cc2F)CN1Cc1ccnc(-c2ccc(C(F)(F)F)cc2O)c1. The van der Waals surface area contributed by atoms with Crippen LogP contribution in [-0.4, -0.2) is 47.2 Å². The third-order valence-corrected chi connectivity index (χ3v) is 8.31. The number of primary amides is 1. The van der Waals surface area contributed by atoms with Crippen LogP contribution in [0.2, 0.25) is 0 Å². The van der Waals surface area contributed by atoms with Crippen LogP contribution in [-0.2, 0) is 27.4 Å². The zero-order valence-electron chi connectivity index (χ0n) is 18.9. The largest absolute Gasteiger partial charge is 0.507 e. The molecule has 4 rings (SSSR count). The first-order valence-corrected chi connectivity index (χ1v) is 12.4. The maximum absolute atomic E-state index is 14.2. The van der Waals surface area contributed by atoms with Gasteiger partial charge in [-0.3, -0.25) is 14.7 Å². The van der Waals surface area contributed by atoms with Crippen molar-refractivity contribution in [3.8, 4) is 17.0 Å². The molecule has 0 spiro atoms. The second kappa shape index (κ2) is 9.71. The van der Waals surface area contributed by atoms with E-state index in [4.69, 9.17) is 5.73 Å². The first-order chi connectivity index (χ1) is 17.3. The van der Waals surface area contributed by atoms with E-state index in [9.17, 15) is 40.3 Å². The zero-order valence-corrected chi connectivity index (χ0v) is 19.7. The average Bonchev–Trinajstić information content (AvgIpc) is 3.23. The van der Waals surface area contributed by atoms with Crippen LogP contribution in [0.25, 0.3) is 11.3 Å². The number of benzene rings is 2. The fraction of sp³-hybridized carbons (Fsp3) is 0.250. The number of phenols is 1. The second-order valence-electron chi connectivity index (χ2n) is 8.60. The number of hydrogen-bond donors (Lipinski definition) is 2. The molecule has 1 saturated heterocycles. The highest BCUT2D eigenvalue weighted by Gasteiger charge is 2.43. The Bertz CT molecular complexity index is 1460. The van der Waals surface area contributed by atoms with E-state index in [1.807, 2.05) is 0 Å². The number of phenolic OH excluding ortho intramolecular Hbond substituents is 1. The summed E-state index contributed by atoms with van der Waals surface area (Å²) in [7, 11) is -4.28. The number of carbonyl (C=O) groups excluding carboxylic acids is 1. The second-order valence-corrected chi connectivity index (χ2v) is 10.8. The zero-order chi connectivity index (χ0) is 27.1. The molecule has 1 aliphatic heterocycles. The Labute approximate surface area is 208 Å². The van der Waals surface area contributed by atoms with E-state index in [1.165, 1.54) is 17.2 Å². The number of halogens is 5. The summed E-state index contributed by atoms with van der Waals surface area (Å²) in [5, 5.41) is 8.93. The van der Waals surface area contributed by atoms with Crippen molar-refractivity contribution in [2.24, 2.45) is 5.73 Å². The maximum atomic E-state index is 14.2. The lowest BCUT2D eigenvalue weighted by molar-refractivity contribution is -0.137. The minimum absolute atomic E-state index is 0.00242. The molecule has 1 aliphatic rings. The molecule has 2 heterocycles. The number of aromatic hydroxyl groups is 1. The van der Waals surface area contributed by atoms with E-state index in [1.54, 1.807) is 6.07 Å². The number of likely N-dealkylation sites (tertiary alicyclic amines) is 1. The van der Waals surface area contributed by atoms with Gasteiger partial charge in [-0.05, 0) is 54.4 Å². The number of carbonyl (C=O) groups is 1. The Hall–Kier alpha value is -3.58. The van der Waals surface area contributed by atoms with Gasteiger partial charge in [-0.2, -0.15) is 13.2 Å². The topological polar surface area (TPSA) is 114 Å². The van der Waals surface area contributed by atoms with Gasteiger partial charge in [0.2, 0.25) is 5.91 Å². The number of alkyl halides is 3. The monoisotopic (exact) mass is 541 g/mol. The third-order valence-electron chi connectivity index (χ3n) is 6.14. The molecule has 0 bridgehead atoms. The van der Waals surface area contributed by atoms with E-state index < -0.39 is 61.1 Å². The number of pyridine rings is 1. The molecule has 0 radical (unpaired) electrons. The predicted molar refractivity (Wildman–Crippen MR) is 122 cm³/mol. The first kappa shape index (κ1) is 26.5. The van der Waals surface area contributed by atoms with Crippen LogP contribution in [0, 0.1) is 11.6 Å². The molecule has 0 aliphatic carbocycles. The molecule has 2 aromatic carbocycles. The molecule has 196 valence electrons. The van der Waals surface area contributed by atoms with E-state index in [-0.39, 0.29) is 30.8 Å². The molecule has 3 aromatic rings. The summed E-state index contributed by atoms with van der Waals surface area (Å²) in [5.74, 6) is -3.62. The van der Waals surface area contributed by atoms with Crippen molar-refractivity contribution in [2.45, 2.75) is 35.3 Å². The molecular formula is C24H20F5N3O4S. The lowest BCUT2D eigenvalue weighted by Gasteiger charge is -2.22. The highest BCUT2D eigenvalue weighted by atomic mass is 32.2. The number of amides is 1. The van der Waals surface area contributed by atoms with Crippen molar-refractivity contribution >= 4 is 15.7 Å². The van der Waals surface area contributed by atoms with Gasteiger partial charge in [0.25, 0.3) is 0 Å². The summed E-state index contributed by atoms with van der Waals surface area (Å²) in [5.41, 5.74) is 5.15. The summed E-state index contributed by atoms with van der Waals surface area (Å²) in [6, 6.07) is 6.57. The molecule has 1 aromatic heterocycles. The van der Waals surface area contributed by atoms with E-state index in [0.717, 1.165) is 24.3 Å². The van der Waals surface area contributed by atoms with Crippen molar-refractivity contribution in [1.29, 1.82) is 0 Å². The Kier molecular flexibility index (Phi) is 6.95. The summed E-state index contributed by atoms with van der Waals surface area (Å²) in [4.78, 5) is 17.0. The molecule has 37 heavy (non-hydrogen) atoms. The van der Waals surface area contributed by atoms with Crippen LogP contribution in [0.3, 0.4) is 0 Å². The Balaban J connectivity index is 1.59. The van der Waals surface area contributed by atoms with Crippen molar-refractivity contribution in [3.05, 3.63) is 77.5 Å². The highest BCUT2D eigenvalue weighted by molar-refractivity contribution is 7.92. The van der Waals surface area contributed by atoms with Gasteiger partial charge >= 0.3 is 6.18 Å². The molecule has 2 atom stereocenters. The van der Waals surface area contributed by atoms with Gasteiger partial charge in [-0.25, -0.2) is 17.2 Å². The van der Waals surface area contributed by atoms with E-state index in [0.29, 0.717) is 17.7 Å². The molecule has 1 amide bonds. The van der Waals surface area contributed by atoms with Gasteiger partial charge in [-0.15, -0.1) is 0 Å². The number of aromatic nitrogens is 1. The first-order valence-electron chi connectivity index (χ1n) is 10.8. The molecular weight excluding hydrogens is 521 g/mol.